The molecule has 8 nitrogen and oxygen atoms in total. The van der Waals surface area contributed by atoms with Crippen molar-refractivity contribution in [2.45, 2.75) is 38.8 Å². The summed E-state index contributed by atoms with van der Waals surface area (Å²) in [7, 11) is 1.14. The van der Waals surface area contributed by atoms with Gasteiger partial charge < -0.3 is 14.8 Å². The van der Waals surface area contributed by atoms with Gasteiger partial charge in [-0.25, -0.2) is 9.59 Å². The Kier molecular flexibility index (Phi) is 6.57. The Morgan fingerprint density at radius 3 is 2.24 bits per heavy atom. The van der Waals surface area contributed by atoms with Crippen molar-refractivity contribution >= 4 is 12.1 Å². The van der Waals surface area contributed by atoms with Gasteiger partial charge in [0.15, 0.2) is 0 Å². The minimum Gasteiger partial charge on any atom is -0.467 e. The number of esters is 1. The summed E-state index contributed by atoms with van der Waals surface area (Å²) in [6.07, 6.45) is -1.04. The maximum Gasteiger partial charge on any atom is 0.408 e. The monoisotopic (exact) mass is 300 g/mol. The molecule has 1 amide bonds. The number of hydrogen-bond acceptors (Lipinski definition) is 6. The number of ether oxygens (including phenoxy) is 2. The van der Waals surface area contributed by atoms with Gasteiger partial charge in [-0.05, 0) is 27.4 Å². The lowest BCUT2D eigenvalue weighted by atomic mass is 10.1. The molecule has 0 aliphatic heterocycles. The summed E-state index contributed by atoms with van der Waals surface area (Å²) in [4.78, 5) is 33.1. The molecule has 21 heavy (non-hydrogen) atoms. The zero-order valence-corrected chi connectivity index (χ0v) is 12.6. The van der Waals surface area contributed by atoms with E-state index in [4.69, 9.17) is 4.74 Å². The smallest absolute Gasteiger partial charge is 0.408 e. The summed E-state index contributed by atoms with van der Waals surface area (Å²) in [6, 6.07) is -1.14. The van der Waals surface area contributed by atoms with E-state index in [0.29, 0.717) is 0 Å². The molecule has 0 fully saturated rings. The second-order valence-corrected chi connectivity index (χ2v) is 5.23. The molecule has 0 rings (SSSR count). The molecule has 0 aromatic rings. The van der Waals surface area contributed by atoms with Crippen LogP contribution < -0.4 is 5.32 Å². The van der Waals surface area contributed by atoms with E-state index in [1.54, 1.807) is 20.8 Å². The molecule has 0 aliphatic carbocycles. The molecule has 0 radical (unpaired) electrons. The summed E-state index contributed by atoms with van der Waals surface area (Å²) in [5, 5.41) is 12.9. The molecule has 0 spiro atoms. The minimum absolute atomic E-state index is 0.00598. The van der Waals surface area contributed by atoms with Crippen LogP contribution in [0.1, 0.15) is 27.2 Å². The van der Waals surface area contributed by atoms with Crippen LogP contribution in [0.2, 0.25) is 0 Å². The lowest BCUT2D eigenvalue weighted by Gasteiger charge is -2.22. The fourth-order valence-electron chi connectivity index (χ4n) is 1.28. The van der Waals surface area contributed by atoms with E-state index in [0.717, 1.165) is 7.11 Å². The second-order valence-electron chi connectivity index (χ2n) is 5.23. The second kappa shape index (κ2) is 7.41. The molecule has 118 valence electrons. The van der Waals surface area contributed by atoms with Crippen molar-refractivity contribution in [1.29, 1.82) is 0 Å². The topological polar surface area (TPSA) is 108 Å². The van der Waals surface area contributed by atoms with Gasteiger partial charge in [0, 0.05) is 12.0 Å². The number of nitrogens with one attached hydrogen (secondary N) is 1. The predicted molar refractivity (Wildman–Crippen MR) is 75.1 cm³/mol. The van der Waals surface area contributed by atoms with Gasteiger partial charge in [-0.3, -0.25) is 10.1 Å². The van der Waals surface area contributed by atoms with Crippen molar-refractivity contribution in [3.8, 4) is 0 Å². The lowest BCUT2D eigenvalue weighted by Crippen LogP contribution is -2.44. The summed E-state index contributed by atoms with van der Waals surface area (Å²) >= 11 is 0. The lowest BCUT2D eigenvalue weighted by molar-refractivity contribution is -0.420. The van der Waals surface area contributed by atoms with Crippen LogP contribution in [0.3, 0.4) is 0 Å². The zero-order chi connectivity index (χ0) is 16.8. The van der Waals surface area contributed by atoms with Crippen LogP contribution in [0, 0.1) is 10.1 Å². The molecular formula is C13H20N2O6. The van der Waals surface area contributed by atoms with Crippen LogP contribution in [0.4, 0.5) is 4.79 Å². The maximum absolute atomic E-state index is 11.6. The number of carbonyl (C=O) groups excluding carboxylic acids is 2. The van der Waals surface area contributed by atoms with Crippen LogP contribution in [-0.2, 0) is 14.3 Å². The quantitative estimate of drug-likeness (QED) is 0.347. The molecule has 1 N–H and O–H groups in total. The fraction of sp³-hybridized carbons (Fsp3) is 0.538. The molecule has 0 saturated carbocycles. The van der Waals surface area contributed by atoms with Gasteiger partial charge >= 0.3 is 12.1 Å². The van der Waals surface area contributed by atoms with E-state index < -0.39 is 34.3 Å². The van der Waals surface area contributed by atoms with Crippen molar-refractivity contribution < 1.29 is 24.0 Å². The average Bonchev–Trinajstić information content (AvgIpc) is 2.33. The maximum atomic E-state index is 11.6. The van der Waals surface area contributed by atoms with Crippen molar-refractivity contribution in [1.82, 2.24) is 5.32 Å². The third-order valence-electron chi connectivity index (χ3n) is 2.26. The van der Waals surface area contributed by atoms with Gasteiger partial charge in [0.05, 0.1) is 12.0 Å². The van der Waals surface area contributed by atoms with Crippen LogP contribution in [-0.4, -0.2) is 35.7 Å². The third kappa shape index (κ3) is 7.09. The van der Waals surface area contributed by atoms with Crippen LogP contribution in [0.15, 0.2) is 24.4 Å². The first kappa shape index (κ1) is 18.6. The first-order chi connectivity index (χ1) is 9.47. The van der Waals surface area contributed by atoms with Gasteiger partial charge in [0.2, 0.25) is 0 Å². The van der Waals surface area contributed by atoms with Crippen molar-refractivity contribution in [3.05, 3.63) is 34.5 Å². The third-order valence-corrected chi connectivity index (χ3v) is 2.26. The summed E-state index contributed by atoms with van der Waals surface area (Å²) in [5.41, 5.74) is -1.17. The molecule has 0 aromatic carbocycles. The SMILES string of the molecule is C=C(C[C@H](NC(=O)OC(C)(C)C)C(=O)OC)C(=C)[N+](=O)[O-]. The Bertz CT molecular complexity index is 464. The van der Waals surface area contributed by atoms with Gasteiger partial charge in [-0.2, -0.15) is 0 Å². The number of rotatable bonds is 6. The van der Waals surface area contributed by atoms with Crippen molar-refractivity contribution in [2.24, 2.45) is 0 Å². The van der Waals surface area contributed by atoms with Gasteiger partial charge in [0.1, 0.15) is 11.6 Å². The summed E-state index contributed by atoms with van der Waals surface area (Å²) < 4.78 is 9.54. The highest BCUT2D eigenvalue weighted by molar-refractivity contribution is 5.81. The summed E-state index contributed by atoms with van der Waals surface area (Å²) in [6.45, 7) is 11.7. The first-order valence-electron chi connectivity index (χ1n) is 6.06. The first-order valence-corrected chi connectivity index (χ1v) is 6.06. The van der Waals surface area contributed by atoms with Gasteiger partial charge in [-0.15, -0.1) is 0 Å². The normalized spacial score (nSPS) is 12.0. The van der Waals surface area contributed by atoms with Gasteiger partial charge in [0.25, 0.3) is 5.70 Å². The van der Waals surface area contributed by atoms with Crippen LogP contribution >= 0.6 is 0 Å². The van der Waals surface area contributed by atoms with E-state index in [-0.39, 0.29) is 12.0 Å². The number of allylic oxidation sites excluding steroid dienone is 1. The molecule has 1 atom stereocenters. The molecule has 8 heteroatoms. The van der Waals surface area contributed by atoms with Gasteiger partial charge in [-0.1, -0.05) is 6.58 Å². The molecule has 0 unspecified atom stereocenters. The number of alkyl carbamates (subject to hydrolysis) is 1. The Balaban J connectivity index is 4.87. The number of amides is 1. The van der Waals surface area contributed by atoms with E-state index in [1.165, 1.54) is 0 Å². The highest BCUT2D eigenvalue weighted by atomic mass is 16.6. The number of carbonyl (C=O) groups is 2. The van der Waals surface area contributed by atoms with E-state index >= 15 is 0 Å². The van der Waals surface area contributed by atoms with Crippen LogP contribution in [0.5, 0.6) is 0 Å². The molecular weight excluding hydrogens is 280 g/mol. The standard InChI is InChI=1S/C13H20N2O6/c1-8(9(2)15(18)19)7-10(11(16)20-6)14-12(17)21-13(3,4)5/h10H,1-2,7H2,3-6H3,(H,14,17)/t10-/m0/s1. The highest BCUT2D eigenvalue weighted by Crippen LogP contribution is 2.14. The molecule has 0 aromatic heterocycles. The van der Waals surface area contributed by atoms with Crippen molar-refractivity contribution in [3.63, 3.8) is 0 Å². The number of methoxy groups -OCH3 is 1. The summed E-state index contributed by atoms with van der Waals surface area (Å²) in [5.74, 6) is -0.766. The molecule has 0 saturated heterocycles. The van der Waals surface area contributed by atoms with E-state index in [1.807, 2.05) is 0 Å². The van der Waals surface area contributed by atoms with Crippen molar-refractivity contribution in [2.75, 3.05) is 7.11 Å². The Labute approximate surface area is 122 Å². The zero-order valence-electron chi connectivity index (χ0n) is 12.6. The van der Waals surface area contributed by atoms with Crippen LogP contribution in [0.25, 0.3) is 0 Å². The fourth-order valence-corrected chi connectivity index (χ4v) is 1.28. The van der Waals surface area contributed by atoms with E-state index in [9.17, 15) is 19.7 Å². The van der Waals surface area contributed by atoms with E-state index in [2.05, 4.69) is 23.2 Å². The average molecular weight is 300 g/mol. The predicted octanol–water partition coefficient (Wildman–Crippen LogP) is 1.79. The molecule has 0 bridgehead atoms. The molecule has 0 aliphatic rings. The Morgan fingerprint density at radius 2 is 1.86 bits per heavy atom. The minimum atomic E-state index is -1.14. The highest BCUT2D eigenvalue weighted by Gasteiger charge is 2.27. The number of hydrogen-bond donors (Lipinski definition) is 1. The largest absolute Gasteiger partial charge is 0.467 e. The Hall–Kier alpha value is -2.38. The molecule has 0 heterocycles. The number of nitrogens with zero attached hydrogens (tertiary/aromatic N) is 1. The Morgan fingerprint density at radius 1 is 1.33 bits per heavy atom. The number of nitro groups is 1.